The van der Waals surface area contributed by atoms with Gasteiger partial charge in [0.2, 0.25) is 0 Å². The zero-order valence-electron chi connectivity index (χ0n) is 13.1. The van der Waals surface area contributed by atoms with Gasteiger partial charge >= 0.3 is 6.09 Å². The number of benzene rings is 1. The Hall–Kier alpha value is -2.34. The van der Waals surface area contributed by atoms with E-state index < -0.39 is 6.09 Å². The van der Waals surface area contributed by atoms with Gasteiger partial charge in [0.15, 0.2) is 0 Å². The van der Waals surface area contributed by atoms with Crippen LogP contribution in [0.25, 0.3) is 0 Å². The van der Waals surface area contributed by atoms with Gasteiger partial charge in [-0.3, -0.25) is 5.32 Å². The molecule has 1 aromatic heterocycles. The van der Waals surface area contributed by atoms with Crippen molar-refractivity contribution in [3.8, 4) is 0 Å². The van der Waals surface area contributed by atoms with Crippen LogP contribution in [-0.2, 0) is 11.2 Å². The molecule has 0 atom stereocenters. The maximum absolute atomic E-state index is 11.7. The normalized spacial score (nSPS) is 10.2. The number of rotatable bonds is 6. The van der Waals surface area contributed by atoms with Gasteiger partial charge in [0.1, 0.15) is 18.8 Å². The average molecular weight is 335 g/mol. The fourth-order valence-electron chi connectivity index (χ4n) is 2.03. The first-order chi connectivity index (χ1) is 11.1. The third kappa shape index (κ3) is 5.10. The summed E-state index contributed by atoms with van der Waals surface area (Å²) in [7, 11) is 0. The van der Waals surface area contributed by atoms with Crippen molar-refractivity contribution >= 4 is 34.9 Å². The fraction of sp³-hybridized carbons (Fsp3) is 0.312. The Morgan fingerprint density at radius 3 is 2.83 bits per heavy atom. The first-order valence-corrected chi connectivity index (χ1v) is 7.84. The topological polar surface area (TPSA) is 76.1 Å². The van der Waals surface area contributed by atoms with Crippen LogP contribution in [-0.4, -0.2) is 28.5 Å². The molecule has 1 amide bonds. The van der Waals surface area contributed by atoms with E-state index in [1.165, 1.54) is 6.33 Å². The van der Waals surface area contributed by atoms with Crippen LogP contribution < -0.4 is 10.6 Å². The maximum atomic E-state index is 11.7. The van der Waals surface area contributed by atoms with Crippen LogP contribution in [0.5, 0.6) is 0 Å². The number of aromatic nitrogens is 2. The molecule has 2 aromatic rings. The van der Waals surface area contributed by atoms with Crippen LogP contribution >= 0.6 is 11.6 Å². The molecular weight excluding hydrogens is 316 g/mol. The highest BCUT2D eigenvalue weighted by molar-refractivity contribution is 6.18. The average Bonchev–Trinajstić information content (AvgIpc) is 2.53. The number of carbonyl (C=O) groups excluding carboxylic acids is 1. The summed E-state index contributed by atoms with van der Waals surface area (Å²) in [4.78, 5) is 19.9. The van der Waals surface area contributed by atoms with Crippen LogP contribution in [0.2, 0.25) is 0 Å². The van der Waals surface area contributed by atoms with E-state index in [9.17, 15) is 4.79 Å². The predicted octanol–water partition coefficient (Wildman–Crippen LogP) is 3.88. The number of hydrogen-bond donors (Lipinski definition) is 2. The molecule has 0 radical (unpaired) electrons. The standard InChI is InChI=1S/C16H19ClN4O2/c1-3-12-4-5-13(20-15-8-11(2)18-10-19-15)9-14(12)21-16(22)23-7-6-17/h4-5,8-10H,3,6-7H2,1-2H3,(H,21,22)(H,18,19,20). The molecule has 0 unspecified atom stereocenters. The molecule has 6 nitrogen and oxygen atoms in total. The minimum absolute atomic E-state index is 0.174. The fourth-order valence-corrected chi connectivity index (χ4v) is 2.10. The van der Waals surface area contributed by atoms with E-state index in [1.807, 2.05) is 38.1 Å². The second kappa shape index (κ2) is 8.33. The van der Waals surface area contributed by atoms with Crippen molar-refractivity contribution in [2.45, 2.75) is 20.3 Å². The molecule has 0 aliphatic rings. The Bertz CT molecular complexity index is 679. The van der Waals surface area contributed by atoms with Crippen LogP contribution in [0.1, 0.15) is 18.2 Å². The van der Waals surface area contributed by atoms with E-state index in [1.54, 1.807) is 0 Å². The summed E-state index contributed by atoms with van der Waals surface area (Å²) in [5.41, 5.74) is 3.39. The zero-order valence-corrected chi connectivity index (χ0v) is 13.9. The molecule has 0 spiro atoms. The quantitative estimate of drug-likeness (QED) is 0.784. The lowest BCUT2D eigenvalue weighted by atomic mass is 10.1. The Balaban J connectivity index is 2.16. The molecule has 0 saturated carbocycles. The van der Waals surface area contributed by atoms with Gasteiger partial charge < -0.3 is 10.1 Å². The first-order valence-electron chi connectivity index (χ1n) is 7.30. The summed E-state index contributed by atoms with van der Waals surface area (Å²) in [6.45, 7) is 4.09. The van der Waals surface area contributed by atoms with E-state index in [-0.39, 0.29) is 12.5 Å². The second-order valence-corrected chi connectivity index (χ2v) is 5.22. The van der Waals surface area contributed by atoms with Gasteiger partial charge in [0, 0.05) is 23.1 Å². The second-order valence-electron chi connectivity index (χ2n) is 4.85. The molecule has 2 rings (SSSR count). The lowest BCUT2D eigenvalue weighted by Gasteiger charge is -2.13. The first kappa shape index (κ1) is 17.0. The molecule has 23 heavy (non-hydrogen) atoms. The van der Waals surface area contributed by atoms with Crippen molar-refractivity contribution in [1.29, 1.82) is 0 Å². The molecule has 0 saturated heterocycles. The number of anilines is 3. The molecule has 0 fully saturated rings. The highest BCUT2D eigenvalue weighted by atomic mass is 35.5. The molecule has 0 aliphatic carbocycles. The summed E-state index contributed by atoms with van der Waals surface area (Å²) >= 11 is 5.51. The van der Waals surface area contributed by atoms with Gasteiger partial charge in [-0.15, -0.1) is 11.6 Å². The van der Waals surface area contributed by atoms with Crippen molar-refractivity contribution in [1.82, 2.24) is 9.97 Å². The predicted molar refractivity (Wildman–Crippen MR) is 91.6 cm³/mol. The SMILES string of the molecule is CCc1ccc(Nc2cc(C)ncn2)cc1NC(=O)OCCCl. The van der Waals surface area contributed by atoms with Crippen LogP contribution in [0.4, 0.5) is 22.0 Å². The van der Waals surface area contributed by atoms with Gasteiger partial charge in [0.25, 0.3) is 0 Å². The van der Waals surface area contributed by atoms with Crippen LogP contribution in [0.3, 0.4) is 0 Å². The zero-order chi connectivity index (χ0) is 16.7. The van der Waals surface area contributed by atoms with Gasteiger partial charge in [-0.2, -0.15) is 0 Å². The lowest BCUT2D eigenvalue weighted by molar-refractivity contribution is 0.168. The molecule has 1 aromatic carbocycles. The third-order valence-corrected chi connectivity index (χ3v) is 3.27. The van der Waals surface area contributed by atoms with Gasteiger partial charge in [-0.1, -0.05) is 13.0 Å². The van der Waals surface area contributed by atoms with E-state index >= 15 is 0 Å². The number of alkyl halides is 1. The monoisotopic (exact) mass is 334 g/mol. The number of ether oxygens (including phenoxy) is 1. The van der Waals surface area contributed by atoms with Crippen LogP contribution in [0, 0.1) is 6.92 Å². The summed E-state index contributed by atoms with van der Waals surface area (Å²) in [5, 5.41) is 5.93. The number of amides is 1. The van der Waals surface area contributed by atoms with E-state index in [0.717, 1.165) is 23.4 Å². The smallest absolute Gasteiger partial charge is 0.411 e. The minimum Gasteiger partial charge on any atom is -0.448 e. The minimum atomic E-state index is -0.518. The molecule has 2 N–H and O–H groups in total. The summed E-state index contributed by atoms with van der Waals surface area (Å²) in [6, 6.07) is 7.58. The lowest BCUT2D eigenvalue weighted by Crippen LogP contribution is -2.16. The number of nitrogens with one attached hydrogen (secondary N) is 2. The Kier molecular flexibility index (Phi) is 6.17. The maximum Gasteiger partial charge on any atom is 0.411 e. The summed E-state index contributed by atoms with van der Waals surface area (Å²) in [5.74, 6) is 0.959. The largest absolute Gasteiger partial charge is 0.448 e. The van der Waals surface area contributed by atoms with Crippen molar-refractivity contribution in [2.75, 3.05) is 23.1 Å². The Labute approximate surface area is 140 Å². The Morgan fingerprint density at radius 2 is 2.13 bits per heavy atom. The molecule has 0 aliphatic heterocycles. The third-order valence-electron chi connectivity index (χ3n) is 3.11. The number of halogens is 1. The Morgan fingerprint density at radius 1 is 1.30 bits per heavy atom. The number of carbonyl (C=O) groups is 1. The van der Waals surface area contributed by atoms with E-state index in [0.29, 0.717) is 11.5 Å². The van der Waals surface area contributed by atoms with E-state index in [4.69, 9.17) is 16.3 Å². The number of aryl methyl sites for hydroxylation is 2. The molecular formula is C16H19ClN4O2. The molecule has 1 heterocycles. The summed E-state index contributed by atoms with van der Waals surface area (Å²) in [6.07, 6.45) is 1.77. The van der Waals surface area contributed by atoms with Crippen molar-refractivity contribution in [2.24, 2.45) is 0 Å². The highest BCUT2D eigenvalue weighted by Crippen LogP contribution is 2.24. The van der Waals surface area contributed by atoms with Gasteiger partial charge in [-0.05, 0) is 31.0 Å². The van der Waals surface area contributed by atoms with Crippen molar-refractivity contribution in [3.63, 3.8) is 0 Å². The van der Waals surface area contributed by atoms with Crippen molar-refractivity contribution < 1.29 is 9.53 Å². The van der Waals surface area contributed by atoms with Crippen molar-refractivity contribution in [3.05, 3.63) is 41.9 Å². The highest BCUT2D eigenvalue weighted by Gasteiger charge is 2.08. The number of nitrogens with zero attached hydrogens (tertiary/aromatic N) is 2. The molecule has 122 valence electrons. The van der Waals surface area contributed by atoms with E-state index in [2.05, 4.69) is 20.6 Å². The molecule has 0 bridgehead atoms. The number of hydrogen-bond acceptors (Lipinski definition) is 5. The van der Waals surface area contributed by atoms with Gasteiger partial charge in [-0.25, -0.2) is 14.8 Å². The molecule has 7 heteroatoms. The summed E-state index contributed by atoms with van der Waals surface area (Å²) < 4.78 is 4.95. The van der Waals surface area contributed by atoms with Gasteiger partial charge in [0.05, 0.1) is 5.88 Å². The van der Waals surface area contributed by atoms with Crippen LogP contribution in [0.15, 0.2) is 30.6 Å².